The summed E-state index contributed by atoms with van der Waals surface area (Å²) in [7, 11) is 0. The fourth-order valence-electron chi connectivity index (χ4n) is 3.59. The molecule has 2 rings (SSSR count). The van der Waals surface area contributed by atoms with E-state index < -0.39 is 11.9 Å². The van der Waals surface area contributed by atoms with Crippen LogP contribution in [0.4, 0.5) is 0 Å². The Morgan fingerprint density at radius 2 is 1.68 bits per heavy atom. The van der Waals surface area contributed by atoms with Gasteiger partial charge in [0.1, 0.15) is 11.8 Å². The van der Waals surface area contributed by atoms with E-state index in [-0.39, 0.29) is 49.2 Å². The van der Waals surface area contributed by atoms with Crippen LogP contribution in [-0.2, 0) is 25.6 Å². The summed E-state index contributed by atoms with van der Waals surface area (Å²) in [4.78, 5) is 49.6. The number of Topliss-reactive ketones (excluding diaryl/α,β-unsaturated/α-hetero) is 1. The van der Waals surface area contributed by atoms with Crippen molar-refractivity contribution in [3.05, 3.63) is 60.2 Å². The Labute approximate surface area is 183 Å². The van der Waals surface area contributed by atoms with Gasteiger partial charge in [-0.2, -0.15) is 0 Å². The van der Waals surface area contributed by atoms with Gasteiger partial charge in [0, 0.05) is 44.7 Å². The first-order chi connectivity index (χ1) is 14.9. The number of amides is 3. The molecule has 0 radical (unpaired) electrons. The molecule has 0 spiro atoms. The number of hydrogen-bond donors (Lipinski definition) is 2. The molecule has 3 N–H and O–H groups in total. The third-order valence-electron chi connectivity index (χ3n) is 5.24. The molecular formula is C24H31N3O4. The number of likely N-dealkylation sites (tertiary alicyclic amines) is 1. The van der Waals surface area contributed by atoms with Crippen molar-refractivity contribution in [2.24, 2.45) is 11.7 Å². The Morgan fingerprint density at radius 1 is 1.06 bits per heavy atom. The van der Waals surface area contributed by atoms with E-state index in [1.807, 2.05) is 61.5 Å². The van der Waals surface area contributed by atoms with E-state index in [1.165, 1.54) is 4.90 Å². The van der Waals surface area contributed by atoms with Gasteiger partial charge in [-0.3, -0.25) is 19.2 Å². The second kappa shape index (κ2) is 12.5. The van der Waals surface area contributed by atoms with Crippen LogP contribution >= 0.6 is 0 Å². The number of carbonyl (C=O) groups is 4. The molecular weight excluding hydrogens is 394 g/mol. The summed E-state index contributed by atoms with van der Waals surface area (Å²) >= 11 is 0. The average Bonchev–Trinajstić information content (AvgIpc) is 3.10. The molecule has 0 saturated carbocycles. The van der Waals surface area contributed by atoms with Crippen LogP contribution in [0.15, 0.2) is 54.6 Å². The molecule has 2 unspecified atom stereocenters. The van der Waals surface area contributed by atoms with Crippen LogP contribution in [0, 0.1) is 5.92 Å². The van der Waals surface area contributed by atoms with Crippen molar-refractivity contribution >= 4 is 23.5 Å². The lowest BCUT2D eigenvalue weighted by Gasteiger charge is -2.24. The molecule has 2 atom stereocenters. The Morgan fingerprint density at radius 3 is 2.26 bits per heavy atom. The minimum Gasteiger partial charge on any atom is -0.368 e. The van der Waals surface area contributed by atoms with Gasteiger partial charge in [0.05, 0.1) is 0 Å². The molecule has 1 fully saturated rings. The van der Waals surface area contributed by atoms with Gasteiger partial charge in [-0.25, -0.2) is 0 Å². The zero-order valence-electron chi connectivity index (χ0n) is 18.0. The molecule has 0 bridgehead atoms. The topological polar surface area (TPSA) is 110 Å². The number of carbonyl (C=O) groups excluding carboxylic acids is 4. The lowest BCUT2D eigenvalue weighted by Crippen LogP contribution is -2.45. The van der Waals surface area contributed by atoms with Crippen LogP contribution in [-0.4, -0.2) is 47.5 Å². The van der Waals surface area contributed by atoms with Crippen LogP contribution in [0.5, 0.6) is 0 Å². The summed E-state index contributed by atoms with van der Waals surface area (Å²) in [5.41, 5.74) is 6.25. The number of hydrogen-bond acceptors (Lipinski definition) is 4. The zero-order chi connectivity index (χ0) is 22.6. The number of rotatable bonds is 10. The van der Waals surface area contributed by atoms with Crippen molar-refractivity contribution < 1.29 is 19.2 Å². The van der Waals surface area contributed by atoms with E-state index in [0.717, 1.165) is 5.56 Å². The summed E-state index contributed by atoms with van der Waals surface area (Å²) in [6.07, 6.45) is 1.28. The molecule has 1 aromatic rings. The van der Waals surface area contributed by atoms with Crippen molar-refractivity contribution in [1.82, 2.24) is 10.2 Å². The summed E-state index contributed by atoms with van der Waals surface area (Å²) < 4.78 is 0. The Balaban J connectivity index is 1.77. The Kier molecular flexibility index (Phi) is 9.68. The normalized spacial score (nSPS) is 16.4. The smallest absolute Gasteiger partial charge is 0.240 e. The van der Waals surface area contributed by atoms with Gasteiger partial charge in [0.2, 0.25) is 17.7 Å². The first-order valence-corrected chi connectivity index (χ1v) is 10.6. The highest BCUT2D eigenvalue weighted by molar-refractivity contribution is 5.88. The lowest BCUT2D eigenvalue weighted by atomic mass is 10.1. The molecule has 1 aliphatic rings. The number of nitrogens with one attached hydrogen (secondary N) is 1. The van der Waals surface area contributed by atoms with Crippen molar-refractivity contribution in [3.8, 4) is 0 Å². The van der Waals surface area contributed by atoms with Crippen LogP contribution in [0.25, 0.3) is 0 Å². The van der Waals surface area contributed by atoms with Crippen LogP contribution in [0.3, 0.4) is 0 Å². The van der Waals surface area contributed by atoms with E-state index in [9.17, 15) is 19.2 Å². The largest absolute Gasteiger partial charge is 0.368 e. The monoisotopic (exact) mass is 425 g/mol. The molecule has 0 aliphatic carbocycles. The second-order valence-corrected chi connectivity index (χ2v) is 7.72. The van der Waals surface area contributed by atoms with Crippen LogP contribution in [0.2, 0.25) is 0 Å². The van der Waals surface area contributed by atoms with E-state index in [1.54, 1.807) is 0 Å². The second-order valence-electron chi connectivity index (χ2n) is 7.72. The molecule has 3 amide bonds. The highest BCUT2D eigenvalue weighted by Gasteiger charge is 2.35. The molecule has 0 aromatic heterocycles. The number of ketones is 1. The predicted molar refractivity (Wildman–Crippen MR) is 118 cm³/mol. The van der Waals surface area contributed by atoms with Crippen molar-refractivity contribution in [2.75, 3.05) is 13.1 Å². The van der Waals surface area contributed by atoms with Crippen molar-refractivity contribution in [3.63, 3.8) is 0 Å². The van der Waals surface area contributed by atoms with Crippen LogP contribution in [0.1, 0.15) is 38.2 Å². The molecule has 31 heavy (non-hydrogen) atoms. The summed E-state index contributed by atoms with van der Waals surface area (Å²) in [5.74, 6) is -0.920. The third kappa shape index (κ3) is 8.20. The van der Waals surface area contributed by atoms with E-state index in [2.05, 4.69) is 5.32 Å². The zero-order valence-corrected chi connectivity index (χ0v) is 18.0. The van der Waals surface area contributed by atoms with Gasteiger partial charge in [-0.15, -0.1) is 0 Å². The Hall–Kier alpha value is -3.22. The summed E-state index contributed by atoms with van der Waals surface area (Å²) in [5, 5.41) is 2.80. The highest BCUT2D eigenvalue weighted by Crippen LogP contribution is 2.21. The maximum Gasteiger partial charge on any atom is 0.240 e. The third-order valence-corrected chi connectivity index (χ3v) is 5.24. The fourth-order valence-corrected chi connectivity index (χ4v) is 3.59. The molecule has 1 heterocycles. The maximum absolute atomic E-state index is 12.3. The maximum atomic E-state index is 12.3. The van der Waals surface area contributed by atoms with Gasteiger partial charge in [0.15, 0.2) is 0 Å². The first-order valence-electron chi connectivity index (χ1n) is 10.6. The average molecular weight is 426 g/mol. The first kappa shape index (κ1) is 24.1. The van der Waals surface area contributed by atoms with Gasteiger partial charge >= 0.3 is 0 Å². The molecule has 1 aliphatic heterocycles. The molecule has 1 saturated heterocycles. The minimum atomic E-state index is -0.600. The Bertz CT molecular complexity index is 829. The van der Waals surface area contributed by atoms with Gasteiger partial charge in [-0.05, 0) is 12.0 Å². The van der Waals surface area contributed by atoms with E-state index in [4.69, 9.17) is 5.73 Å². The van der Waals surface area contributed by atoms with Gasteiger partial charge in [-0.1, -0.05) is 61.5 Å². The van der Waals surface area contributed by atoms with Crippen molar-refractivity contribution in [2.45, 2.75) is 45.1 Å². The quantitative estimate of drug-likeness (QED) is 0.597. The van der Waals surface area contributed by atoms with E-state index >= 15 is 0 Å². The van der Waals surface area contributed by atoms with E-state index in [0.29, 0.717) is 19.5 Å². The van der Waals surface area contributed by atoms with Gasteiger partial charge in [0.25, 0.3) is 0 Å². The number of nitrogens with two attached hydrogens (primary N) is 1. The molecule has 7 heteroatoms. The number of primary amides is 1. The summed E-state index contributed by atoms with van der Waals surface area (Å²) in [6, 6.07) is 16.4. The van der Waals surface area contributed by atoms with Crippen molar-refractivity contribution in [1.29, 1.82) is 0 Å². The fraction of sp³-hybridized carbons (Fsp3) is 0.417. The lowest BCUT2D eigenvalue weighted by molar-refractivity contribution is -0.136. The highest BCUT2D eigenvalue weighted by atomic mass is 16.2. The molecule has 166 valence electrons. The predicted octanol–water partition coefficient (Wildman–Crippen LogP) is 1.93. The SMILES string of the molecule is CCC(C(N)=O)N1CC(CNC(=O)CCC(=O)Cc2ccccccccc2)CC1=O. The summed E-state index contributed by atoms with van der Waals surface area (Å²) in [6.45, 7) is 2.55. The van der Waals surface area contributed by atoms with Crippen LogP contribution < -0.4 is 11.1 Å². The van der Waals surface area contributed by atoms with Gasteiger partial charge < -0.3 is 16.0 Å². The standard InChI is InChI=1S/C24H31N3O4/c1-2-21(24(25)31)27-17-19(15-23(27)30)16-26-22(29)13-12-20(28)14-18-10-8-6-4-3-5-7-9-11-18/h3-11,19,21H,2,12-17H2,1H3,(H2,25,31)(H,26,29). The molecule has 7 nitrogen and oxygen atoms in total. The molecule has 1 aromatic carbocycles. The minimum absolute atomic E-state index is 0.00880. The number of nitrogens with zero attached hydrogens (tertiary/aromatic N) is 1.